The van der Waals surface area contributed by atoms with E-state index in [0.717, 1.165) is 0 Å². The Bertz CT molecular complexity index is 215. The molecule has 13 heavy (non-hydrogen) atoms. The van der Waals surface area contributed by atoms with E-state index in [1.54, 1.807) is 0 Å². The zero-order valence-corrected chi connectivity index (χ0v) is 8.42. The summed E-state index contributed by atoms with van der Waals surface area (Å²) in [7, 11) is 1.37. The predicted octanol–water partition coefficient (Wildman–Crippen LogP) is 0.446. The minimum Gasteiger partial charge on any atom is -0.469 e. The van der Waals surface area contributed by atoms with E-state index in [2.05, 4.69) is 4.74 Å². The molecular weight excluding hydrogens is 170 g/mol. The van der Waals surface area contributed by atoms with Crippen LogP contribution in [0.4, 0.5) is 0 Å². The van der Waals surface area contributed by atoms with E-state index >= 15 is 0 Å². The van der Waals surface area contributed by atoms with Gasteiger partial charge >= 0.3 is 5.97 Å². The molecule has 0 aliphatic carbocycles. The van der Waals surface area contributed by atoms with Crippen LogP contribution in [0.5, 0.6) is 0 Å². The van der Waals surface area contributed by atoms with Crippen LogP contribution < -0.4 is 5.73 Å². The Hall–Kier alpha value is -0.610. The first kappa shape index (κ1) is 10.5. The van der Waals surface area contributed by atoms with Crippen LogP contribution in [0.3, 0.4) is 0 Å². The Labute approximate surface area is 78.4 Å². The van der Waals surface area contributed by atoms with Crippen molar-refractivity contribution in [3.05, 3.63) is 0 Å². The van der Waals surface area contributed by atoms with Crippen molar-refractivity contribution < 1.29 is 14.3 Å². The molecule has 0 aromatic rings. The predicted molar refractivity (Wildman–Crippen MR) is 48.2 cm³/mol. The molecule has 4 nitrogen and oxygen atoms in total. The highest BCUT2D eigenvalue weighted by Gasteiger charge is 2.43. The maximum absolute atomic E-state index is 11.0. The molecule has 2 N–H and O–H groups in total. The van der Waals surface area contributed by atoms with Gasteiger partial charge in [0.1, 0.15) is 0 Å². The maximum Gasteiger partial charge on any atom is 0.307 e. The van der Waals surface area contributed by atoms with Crippen LogP contribution in [0.2, 0.25) is 0 Å². The monoisotopic (exact) mass is 187 g/mol. The summed E-state index contributed by atoms with van der Waals surface area (Å²) in [5.41, 5.74) is 5.22. The number of carbonyl (C=O) groups excluding carboxylic acids is 1. The Morgan fingerprint density at radius 1 is 1.62 bits per heavy atom. The van der Waals surface area contributed by atoms with Gasteiger partial charge in [0.15, 0.2) is 0 Å². The van der Waals surface area contributed by atoms with E-state index in [1.165, 1.54) is 7.11 Å². The number of esters is 1. The number of carbonyl (C=O) groups is 1. The van der Waals surface area contributed by atoms with Crippen molar-refractivity contribution >= 4 is 5.97 Å². The van der Waals surface area contributed by atoms with Gasteiger partial charge in [-0.25, -0.2) is 0 Å². The van der Waals surface area contributed by atoms with E-state index in [0.29, 0.717) is 13.0 Å². The van der Waals surface area contributed by atoms with Gasteiger partial charge in [-0.1, -0.05) is 0 Å². The second kappa shape index (κ2) is 3.27. The van der Waals surface area contributed by atoms with Crippen molar-refractivity contribution in [2.45, 2.75) is 37.8 Å². The van der Waals surface area contributed by atoms with Crippen LogP contribution in [0.1, 0.15) is 26.7 Å². The van der Waals surface area contributed by atoms with Crippen LogP contribution in [-0.2, 0) is 14.3 Å². The number of ether oxygens (including phenoxy) is 2. The first-order valence-corrected chi connectivity index (χ1v) is 4.37. The fourth-order valence-electron chi connectivity index (χ4n) is 1.76. The van der Waals surface area contributed by atoms with E-state index < -0.39 is 5.54 Å². The summed E-state index contributed by atoms with van der Waals surface area (Å²) < 4.78 is 10.0. The normalized spacial score (nSPS) is 31.7. The Kier molecular flexibility index (Phi) is 2.63. The highest BCUT2D eigenvalue weighted by atomic mass is 16.5. The Morgan fingerprint density at radius 2 is 2.23 bits per heavy atom. The molecule has 1 aliphatic rings. The highest BCUT2D eigenvalue weighted by Crippen LogP contribution is 2.32. The summed E-state index contributed by atoms with van der Waals surface area (Å²) in [4.78, 5) is 11.0. The van der Waals surface area contributed by atoms with Crippen LogP contribution in [0.15, 0.2) is 0 Å². The summed E-state index contributed by atoms with van der Waals surface area (Å²) in [6.45, 7) is 4.37. The third kappa shape index (κ3) is 2.67. The summed E-state index contributed by atoms with van der Waals surface area (Å²) in [5.74, 6) is -0.274. The molecule has 1 aliphatic heterocycles. The van der Waals surface area contributed by atoms with Gasteiger partial charge < -0.3 is 15.2 Å². The van der Waals surface area contributed by atoms with E-state index in [4.69, 9.17) is 10.5 Å². The fourth-order valence-corrected chi connectivity index (χ4v) is 1.76. The Morgan fingerprint density at radius 3 is 2.62 bits per heavy atom. The van der Waals surface area contributed by atoms with Crippen LogP contribution in [0, 0.1) is 0 Å². The van der Waals surface area contributed by atoms with E-state index in [-0.39, 0.29) is 18.0 Å². The molecule has 0 bridgehead atoms. The quantitative estimate of drug-likeness (QED) is 0.637. The molecule has 1 rings (SSSR count). The van der Waals surface area contributed by atoms with Gasteiger partial charge in [0, 0.05) is 0 Å². The molecule has 1 unspecified atom stereocenters. The van der Waals surface area contributed by atoms with E-state index in [1.807, 2.05) is 13.8 Å². The summed E-state index contributed by atoms with van der Waals surface area (Å²) >= 11 is 0. The first-order chi connectivity index (χ1) is 5.87. The van der Waals surface area contributed by atoms with Crippen molar-refractivity contribution in [2.24, 2.45) is 5.73 Å². The largest absolute Gasteiger partial charge is 0.469 e. The van der Waals surface area contributed by atoms with Crippen LogP contribution in [-0.4, -0.2) is 30.8 Å². The van der Waals surface area contributed by atoms with Gasteiger partial charge in [0.25, 0.3) is 0 Å². The minimum absolute atomic E-state index is 0.219. The summed E-state index contributed by atoms with van der Waals surface area (Å²) in [5, 5.41) is 0. The fraction of sp³-hybridized carbons (Fsp3) is 0.889. The van der Waals surface area contributed by atoms with Crippen molar-refractivity contribution in [3.63, 3.8) is 0 Å². The van der Waals surface area contributed by atoms with Gasteiger partial charge in [-0.2, -0.15) is 0 Å². The SMILES string of the molecule is COC(=O)CC1(N)COC(C)(C)C1. The van der Waals surface area contributed by atoms with Crippen LogP contribution >= 0.6 is 0 Å². The molecule has 0 amide bonds. The number of nitrogens with two attached hydrogens (primary N) is 1. The first-order valence-electron chi connectivity index (χ1n) is 4.37. The maximum atomic E-state index is 11.0. The van der Waals surface area contributed by atoms with Gasteiger partial charge in [-0.3, -0.25) is 4.79 Å². The lowest BCUT2D eigenvalue weighted by molar-refractivity contribution is -0.142. The molecule has 76 valence electrons. The molecule has 1 saturated heterocycles. The van der Waals surface area contributed by atoms with E-state index in [9.17, 15) is 4.79 Å². The average Bonchev–Trinajstić information content (AvgIpc) is 2.25. The zero-order chi connectivity index (χ0) is 10.1. The third-order valence-electron chi connectivity index (χ3n) is 2.25. The van der Waals surface area contributed by atoms with Crippen molar-refractivity contribution in [2.75, 3.05) is 13.7 Å². The molecule has 0 radical (unpaired) electrons. The molecule has 1 fully saturated rings. The third-order valence-corrected chi connectivity index (χ3v) is 2.25. The second-order valence-electron chi connectivity index (χ2n) is 4.34. The molecule has 0 saturated carbocycles. The lowest BCUT2D eigenvalue weighted by Crippen LogP contribution is -2.43. The number of methoxy groups -OCH3 is 1. The zero-order valence-electron chi connectivity index (χ0n) is 8.42. The molecule has 4 heteroatoms. The smallest absolute Gasteiger partial charge is 0.307 e. The van der Waals surface area contributed by atoms with Gasteiger partial charge in [0.2, 0.25) is 0 Å². The molecule has 1 atom stereocenters. The molecular formula is C9H17NO3. The van der Waals surface area contributed by atoms with Gasteiger partial charge in [-0.05, 0) is 20.3 Å². The minimum atomic E-state index is -0.545. The molecule has 0 aromatic heterocycles. The lowest BCUT2D eigenvalue weighted by Gasteiger charge is -2.22. The van der Waals surface area contributed by atoms with Crippen molar-refractivity contribution in [1.29, 1.82) is 0 Å². The second-order valence-corrected chi connectivity index (χ2v) is 4.34. The van der Waals surface area contributed by atoms with Crippen molar-refractivity contribution in [1.82, 2.24) is 0 Å². The number of hydrogen-bond acceptors (Lipinski definition) is 4. The number of rotatable bonds is 2. The summed E-state index contributed by atoms with van der Waals surface area (Å²) in [6.07, 6.45) is 0.919. The highest BCUT2D eigenvalue weighted by molar-refractivity contribution is 5.70. The molecule has 1 heterocycles. The van der Waals surface area contributed by atoms with Gasteiger partial charge in [-0.15, -0.1) is 0 Å². The number of hydrogen-bond donors (Lipinski definition) is 1. The van der Waals surface area contributed by atoms with Gasteiger partial charge in [0.05, 0.1) is 31.3 Å². The topological polar surface area (TPSA) is 61.5 Å². The van der Waals surface area contributed by atoms with Crippen LogP contribution in [0.25, 0.3) is 0 Å². The molecule has 0 spiro atoms. The lowest BCUT2D eigenvalue weighted by atomic mass is 9.89. The van der Waals surface area contributed by atoms with Crippen molar-refractivity contribution in [3.8, 4) is 0 Å². The Balaban J connectivity index is 2.55. The average molecular weight is 187 g/mol. The summed E-state index contributed by atoms with van der Waals surface area (Å²) in [6, 6.07) is 0. The molecule has 0 aromatic carbocycles. The standard InChI is InChI=1S/C9H17NO3/c1-8(2)5-9(10,6-13-8)4-7(11)12-3/h4-6,10H2,1-3H3.